The first-order valence-corrected chi connectivity index (χ1v) is 8.90. The lowest BCUT2D eigenvalue weighted by Gasteiger charge is -2.14. The Balaban J connectivity index is 1.56. The van der Waals surface area contributed by atoms with E-state index in [0.29, 0.717) is 13.1 Å². The molecular weight excluding hydrogens is 338 g/mol. The summed E-state index contributed by atoms with van der Waals surface area (Å²) >= 11 is 0. The number of methoxy groups -OCH3 is 1. The molecule has 27 heavy (non-hydrogen) atoms. The molecule has 0 aliphatic carbocycles. The van der Waals surface area contributed by atoms with Gasteiger partial charge in [0.05, 0.1) is 13.7 Å². The van der Waals surface area contributed by atoms with E-state index in [9.17, 15) is 0 Å². The standard InChI is InChI=1S/C21H25N5O/c1-22-21(23-14-17-8-10-20(27-2)11-9-17)24-15-18-6-3-4-7-19(18)16-26-13-5-12-25-26/h3-13H,14-16H2,1-2H3,(H2,22,23,24). The van der Waals surface area contributed by atoms with Gasteiger partial charge < -0.3 is 15.4 Å². The van der Waals surface area contributed by atoms with Gasteiger partial charge in [-0.15, -0.1) is 0 Å². The zero-order valence-electron chi connectivity index (χ0n) is 15.7. The van der Waals surface area contributed by atoms with E-state index in [4.69, 9.17) is 4.74 Å². The molecule has 3 rings (SSSR count). The summed E-state index contributed by atoms with van der Waals surface area (Å²) in [6.45, 7) is 2.14. The topological polar surface area (TPSA) is 63.5 Å². The Bertz CT molecular complexity index is 857. The van der Waals surface area contributed by atoms with Crippen molar-refractivity contribution in [3.63, 3.8) is 0 Å². The lowest BCUT2D eigenvalue weighted by Crippen LogP contribution is -2.36. The smallest absolute Gasteiger partial charge is 0.191 e. The molecule has 1 heterocycles. The van der Waals surface area contributed by atoms with Gasteiger partial charge in [0.25, 0.3) is 0 Å². The Kier molecular flexibility index (Phi) is 6.46. The number of aromatic nitrogens is 2. The van der Waals surface area contributed by atoms with E-state index in [-0.39, 0.29) is 0 Å². The van der Waals surface area contributed by atoms with Gasteiger partial charge in [0, 0.05) is 32.5 Å². The molecule has 140 valence electrons. The van der Waals surface area contributed by atoms with Crippen molar-refractivity contribution in [2.75, 3.05) is 14.2 Å². The molecule has 2 aromatic carbocycles. The van der Waals surface area contributed by atoms with Crippen LogP contribution in [0.3, 0.4) is 0 Å². The average molecular weight is 363 g/mol. The summed E-state index contributed by atoms with van der Waals surface area (Å²) in [5, 5.41) is 11.0. The summed E-state index contributed by atoms with van der Waals surface area (Å²) in [5.41, 5.74) is 3.62. The number of aliphatic imine (C=N–C) groups is 1. The lowest BCUT2D eigenvalue weighted by molar-refractivity contribution is 0.414. The van der Waals surface area contributed by atoms with E-state index in [2.05, 4.69) is 45.0 Å². The molecule has 6 nitrogen and oxygen atoms in total. The highest BCUT2D eigenvalue weighted by atomic mass is 16.5. The fraction of sp³-hybridized carbons (Fsp3) is 0.238. The van der Waals surface area contributed by atoms with Crippen molar-refractivity contribution in [1.82, 2.24) is 20.4 Å². The van der Waals surface area contributed by atoms with E-state index in [1.54, 1.807) is 20.4 Å². The Morgan fingerprint density at radius 2 is 1.74 bits per heavy atom. The zero-order valence-corrected chi connectivity index (χ0v) is 15.7. The first-order chi connectivity index (χ1) is 13.3. The number of guanidine groups is 1. The van der Waals surface area contributed by atoms with Crippen molar-refractivity contribution in [1.29, 1.82) is 0 Å². The van der Waals surface area contributed by atoms with Gasteiger partial charge in [-0.3, -0.25) is 9.67 Å². The van der Waals surface area contributed by atoms with Crippen LogP contribution in [0.4, 0.5) is 0 Å². The maximum atomic E-state index is 5.19. The molecule has 6 heteroatoms. The zero-order chi connectivity index (χ0) is 18.9. The Morgan fingerprint density at radius 3 is 2.41 bits per heavy atom. The quantitative estimate of drug-likeness (QED) is 0.500. The molecule has 0 saturated heterocycles. The molecule has 3 aromatic rings. The molecule has 0 aliphatic rings. The SMILES string of the molecule is CN=C(NCc1ccc(OC)cc1)NCc1ccccc1Cn1cccn1. The molecule has 0 amide bonds. The van der Waals surface area contributed by atoms with Gasteiger partial charge in [0.15, 0.2) is 5.96 Å². The van der Waals surface area contributed by atoms with Crippen LogP contribution in [-0.2, 0) is 19.6 Å². The predicted octanol–water partition coefficient (Wildman–Crippen LogP) is 2.81. The molecule has 0 bridgehead atoms. The fourth-order valence-electron chi connectivity index (χ4n) is 2.78. The molecule has 0 saturated carbocycles. The minimum absolute atomic E-state index is 0.693. The van der Waals surface area contributed by atoms with Crippen LogP contribution in [0, 0.1) is 0 Å². The van der Waals surface area contributed by atoms with Crippen molar-refractivity contribution in [3.05, 3.63) is 83.7 Å². The first kappa shape index (κ1) is 18.5. The summed E-state index contributed by atoms with van der Waals surface area (Å²) in [4.78, 5) is 4.31. The van der Waals surface area contributed by atoms with E-state index >= 15 is 0 Å². The highest BCUT2D eigenvalue weighted by Gasteiger charge is 2.05. The molecule has 0 radical (unpaired) electrons. The van der Waals surface area contributed by atoms with Gasteiger partial charge in [-0.05, 0) is 34.9 Å². The third-order valence-corrected chi connectivity index (χ3v) is 4.30. The number of nitrogens with one attached hydrogen (secondary N) is 2. The van der Waals surface area contributed by atoms with E-state index < -0.39 is 0 Å². The normalized spacial score (nSPS) is 11.3. The molecule has 2 N–H and O–H groups in total. The summed E-state index contributed by atoms with van der Waals surface area (Å²) in [6.07, 6.45) is 3.77. The minimum atomic E-state index is 0.693. The summed E-state index contributed by atoms with van der Waals surface area (Å²) < 4.78 is 7.12. The lowest BCUT2D eigenvalue weighted by atomic mass is 10.1. The maximum Gasteiger partial charge on any atom is 0.191 e. The summed E-state index contributed by atoms with van der Waals surface area (Å²) in [6, 6.07) is 18.3. The predicted molar refractivity (Wildman–Crippen MR) is 108 cm³/mol. The van der Waals surface area contributed by atoms with Crippen molar-refractivity contribution >= 4 is 5.96 Å². The Morgan fingerprint density at radius 1 is 1.00 bits per heavy atom. The Hall–Kier alpha value is -3.28. The molecule has 0 atom stereocenters. The number of rotatable bonds is 7. The highest BCUT2D eigenvalue weighted by molar-refractivity contribution is 5.79. The molecule has 1 aromatic heterocycles. The van der Waals surface area contributed by atoms with E-state index in [1.807, 2.05) is 41.2 Å². The van der Waals surface area contributed by atoms with E-state index in [0.717, 1.165) is 23.8 Å². The molecule has 0 aliphatic heterocycles. The van der Waals surface area contributed by atoms with E-state index in [1.165, 1.54) is 11.1 Å². The highest BCUT2D eigenvalue weighted by Crippen LogP contribution is 2.12. The minimum Gasteiger partial charge on any atom is -0.497 e. The second-order valence-corrected chi connectivity index (χ2v) is 6.10. The largest absolute Gasteiger partial charge is 0.497 e. The average Bonchev–Trinajstić information content (AvgIpc) is 3.23. The van der Waals surface area contributed by atoms with Gasteiger partial charge in [-0.1, -0.05) is 36.4 Å². The molecule has 0 spiro atoms. The fourth-order valence-corrected chi connectivity index (χ4v) is 2.78. The Labute approximate surface area is 159 Å². The van der Waals surface area contributed by atoms with Crippen LogP contribution in [0.1, 0.15) is 16.7 Å². The third kappa shape index (κ3) is 5.34. The van der Waals surface area contributed by atoms with Crippen LogP contribution in [-0.4, -0.2) is 29.9 Å². The maximum absolute atomic E-state index is 5.19. The van der Waals surface area contributed by atoms with Crippen molar-refractivity contribution in [3.8, 4) is 5.75 Å². The second kappa shape index (κ2) is 9.43. The monoisotopic (exact) mass is 363 g/mol. The number of benzene rings is 2. The summed E-state index contributed by atoms with van der Waals surface area (Å²) in [7, 11) is 3.45. The third-order valence-electron chi connectivity index (χ3n) is 4.30. The van der Waals surface area contributed by atoms with Gasteiger partial charge in [0.1, 0.15) is 5.75 Å². The summed E-state index contributed by atoms with van der Waals surface area (Å²) in [5.74, 6) is 1.62. The van der Waals surface area contributed by atoms with Crippen LogP contribution in [0.15, 0.2) is 72.0 Å². The second-order valence-electron chi connectivity index (χ2n) is 6.10. The van der Waals surface area contributed by atoms with Crippen molar-refractivity contribution < 1.29 is 4.74 Å². The van der Waals surface area contributed by atoms with Gasteiger partial charge in [-0.25, -0.2) is 0 Å². The van der Waals surface area contributed by atoms with Gasteiger partial charge in [-0.2, -0.15) is 5.10 Å². The molecular formula is C21H25N5O. The van der Waals surface area contributed by atoms with Gasteiger partial charge >= 0.3 is 0 Å². The van der Waals surface area contributed by atoms with Crippen LogP contribution in [0.2, 0.25) is 0 Å². The molecule has 0 unspecified atom stereocenters. The first-order valence-electron chi connectivity index (χ1n) is 8.90. The van der Waals surface area contributed by atoms with Gasteiger partial charge in [0.2, 0.25) is 0 Å². The van der Waals surface area contributed by atoms with Crippen LogP contribution in [0.5, 0.6) is 5.75 Å². The number of ether oxygens (including phenoxy) is 1. The molecule has 0 fully saturated rings. The van der Waals surface area contributed by atoms with Crippen molar-refractivity contribution in [2.45, 2.75) is 19.6 Å². The van der Waals surface area contributed by atoms with Crippen LogP contribution < -0.4 is 15.4 Å². The number of hydrogen-bond donors (Lipinski definition) is 2. The van der Waals surface area contributed by atoms with Crippen LogP contribution >= 0.6 is 0 Å². The van der Waals surface area contributed by atoms with Crippen molar-refractivity contribution in [2.24, 2.45) is 4.99 Å². The van der Waals surface area contributed by atoms with Crippen LogP contribution in [0.25, 0.3) is 0 Å². The number of nitrogens with zero attached hydrogens (tertiary/aromatic N) is 3. The number of hydrogen-bond acceptors (Lipinski definition) is 3.